The van der Waals surface area contributed by atoms with Crippen molar-refractivity contribution < 1.29 is 19.8 Å². The molecule has 0 heterocycles. The van der Waals surface area contributed by atoms with E-state index in [1.807, 2.05) is 51.1 Å². The number of hydrogen-bond donors (Lipinski definition) is 4. The minimum atomic E-state index is -1.13. The van der Waals surface area contributed by atoms with Crippen LogP contribution in [-0.2, 0) is 16.0 Å². The van der Waals surface area contributed by atoms with Gasteiger partial charge < -0.3 is 20.8 Å². The van der Waals surface area contributed by atoms with Crippen LogP contribution in [0.2, 0.25) is 0 Å². The van der Waals surface area contributed by atoms with Gasteiger partial charge in [0.2, 0.25) is 0 Å². The fourth-order valence-electron chi connectivity index (χ4n) is 4.08. The lowest BCUT2D eigenvalue weighted by molar-refractivity contribution is -0.129. The van der Waals surface area contributed by atoms with Crippen LogP contribution in [0, 0.1) is 17.8 Å². The normalized spacial score (nSPS) is 16.6. The molecule has 0 amide bonds. The van der Waals surface area contributed by atoms with Crippen molar-refractivity contribution in [2.75, 3.05) is 14.1 Å². The van der Waals surface area contributed by atoms with Gasteiger partial charge in [0, 0.05) is 0 Å². The fraction of sp³-hybridized carbons (Fsp3) is 0.654. The van der Waals surface area contributed by atoms with Gasteiger partial charge in [0.15, 0.2) is 11.6 Å². The van der Waals surface area contributed by atoms with Crippen LogP contribution < -0.4 is 10.6 Å². The van der Waals surface area contributed by atoms with Gasteiger partial charge in [-0.1, -0.05) is 51.1 Å². The zero-order chi connectivity index (χ0) is 24.3. The van der Waals surface area contributed by atoms with E-state index in [0.717, 1.165) is 12.0 Å². The molecule has 0 saturated carbocycles. The van der Waals surface area contributed by atoms with Crippen LogP contribution in [0.5, 0.6) is 0 Å². The Morgan fingerprint density at radius 1 is 0.844 bits per heavy atom. The van der Waals surface area contributed by atoms with Crippen molar-refractivity contribution in [3.63, 3.8) is 0 Å². The van der Waals surface area contributed by atoms with Crippen molar-refractivity contribution in [2.45, 2.75) is 84.1 Å². The van der Waals surface area contributed by atoms with Gasteiger partial charge in [-0.3, -0.25) is 9.59 Å². The molecule has 0 fully saturated rings. The van der Waals surface area contributed by atoms with Gasteiger partial charge in [-0.05, 0) is 70.5 Å². The number of likely N-dealkylation sites (N-methyl/N-ethyl adjacent to an activating group) is 2. The van der Waals surface area contributed by atoms with Crippen LogP contribution in [0.3, 0.4) is 0 Å². The van der Waals surface area contributed by atoms with E-state index in [-0.39, 0.29) is 29.3 Å². The first-order valence-corrected chi connectivity index (χ1v) is 11.8. The number of benzene rings is 1. The van der Waals surface area contributed by atoms with Crippen LogP contribution in [0.1, 0.15) is 58.9 Å². The summed E-state index contributed by atoms with van der Waals surface area (Å²) in [6.45, 7) is 7.56. The number of rotatable bonds is 16. The van der Waals surface area contributed by atoms with Crippen LogP contribution >= 0.6 is 0 Å². The Labute approximate surface area is 194 Å². The standard InChI is InChI=1S/C26H43N2O4/c1-17(2)14-22(27-5)25(31)24(19(4)29)26(32)23(28-6)15-18(3)12-13-21(30)16-20-10-8-7-9-11-20/h7-11,17-19,21-23,27-30H,12-16H2,1-6H3/t18?,19?,21?,22-,23-/m0/s1. The number of carbonyl (C=O) groups is 2. The van der Waals surface area contributed by atoms with E-state index in [0.29, 0.717) is 25.7 Å². The second-order valence-corrected chi connectivity index (χ2v) is 9.39. The summed E-state index contributed by atoms with van der Waals surface area (Å²) in [5, 5.41) is 26.7. The summed E-state index contributed by atoms with van der Waals surface area (Å²) < 4.78 is 0. The van der Waals surface area contributed by atoms with E-state index in [4.69, 9.17) is 0 Å². The smallest absolute Gasteiger partial charge is 0.167 e. The topological polar surface area (TPSA) is 98.7 Å². The molecular formula is C26H43N2O4. The lowest BCUT2D eigenvalue weighted by atomic mass is 9.81. The lowest BCUT2D eigenvalue weighted by Gasteiger charge is -2.28. The van der Waals surface area contributed by atoms with Crippen LogP contribution in [0.4, 0.5) is 0 Å². The quantitative estimate of drug-likeness (QED) is 0.291. The Morgan fingerprint density at radius 3 is 1.84 bits per heavy atom. The number of nitrogens with one attached hydrogen (secondary N) is 2. The minimum absolute atomic E-state index is 0.0411. The van der Waals surface area contributed by atoms with Gasteiger partial charge in [0.05, 0.1) is 24.3 Å². The minimum Gasteiger partial charge on any atom is -0.393 e. The predicted molar refractivity (Wildman–Crippen MR) is 129 cm³/mol. The first-order valence-electron chi connectivity index (χ1n) is 11.8. The fourth-order valence-corrected chi connectivity index (χ4v) is 4.08. The largest absolute Gasteiger partial charge is 0.393 e. The highest BCUT2D eigenvalue weighted by molar-refractivity contribution is 6.20. The Hall–Kier alpha value is -1.60. The van der Waals surface area contributed by atoms with E-state index in [1.54, 1.807) is 14.1 Å². The summed E-state index contributed by atoms with van der Waals surface area (Å²) in [5.74, 6) is -0.256. The molecule has 0 saturated heterocycles. The van der Waals surface area contributed by atoms with Crippen molar-refractivity contribution >= 4 is 11.6 Å². The van der Waals surface area contributed by atoms with Gasteiger partial charge in [0.25, 0.3) is 0 Å². The molecule has 0 spiro atoms. The molecule has 3 unspecified atom stereocenters. The van der Waals surface area contributed by atoms with E-state index in [2.05, 4.69) is 10.6 Å². The van der Waals surface area contributed by atoms with Crippen molar-refractivity contribution in [1.29, 1.82) is 0 Å². The summed E-state index contributed by atoms with van der Waals surface area (Å²) in [5.41, 5.74) is 1.10. The molecule has 0 aromatic heterocycles. The Bertz CT molecular complexity index is 678. The molecule has 5 atom stereocenters. The average Bonchev–Trinajstić information content (AvgIpc) is 2.74. The molecule has 0 aliphatic heterocycles. The molecular weight excluding hydrogens is 404 g/mol. The van der Waals surface area contributed by atoms with Crippen LogP contribution in [-0.4, -0.2) is 60.2 Å². The zero-order valence-electron chi connectivity index (χ0n) is 20.6. The third-order valence-electron chi connectivity index (χ3n) is 5.93. The number of aliphatic hydroxyl groups excluding tert-OH is 2. The maximum absolute atomic E-state index is 13.2. The number of carbonyl (C=O) groups excluding carboxylic acids is 2. The monoisotopic (exact) mass is 447 g/mol. The van der Waals surface area contributed by atoms with Gasteiger partial charge >= 0.3 is 0 Å². The van der Waals surface area contributed by atoms with Crippen molar-refractivity contribution in [2.24, 2.45) is 11.8 Å². The van der Waals surface area contributed by atoms with Crippen molar-refractivity contribution in [3.05, 3.63) is 41.8 Å². The molecule has 0 aliphatic rings. The first kappa shape index (κ1) is 28.4. The maximum Gasteiger partial charge on any atom is 0.167 e. The molecule has 1 radical (unpaired) electrons. The highest BCUT2D eigenvalue weighted by Crippen LogP contribution is 2.22. The zero-order valence-corrected chi connectivity index (χ0v) is 20.6. The van der Waals surface area contributed by atoms with Crippen LogP contribution in [0.15, 0.2) is 30.3 Å². The highest BCUT2D eigenvalue weighted by atomic mass is 16.3. The molecule has 1 aromatic carbocycles. The van der Waals surface area contributed by atoms with Gasteiger partial charge in [-0.15, -0.1) is 0 Å². The molecule has 4 N–H and O–H groups in total. The summed E-state index contributed by atoms with van der Waals surface area (Å²) in [6.07, 6.45) is 1.59. The Balaban J connectivity index is 2.71. The van der Waals surface area contributed by atoms with E-state index in [9.17, 15) is 19.8 Å². The lowest BCUT2D eigenvalue weighted by Crippen LogP contribution is -2.49. The van der Waals surface area contributed by atoms with E-state index < -0.39 is 24.3 Å². The second-order valence-electron chi connectivity index (χ2n) is 9.39. The molecule has 6 nitrogen and oxygen atoms in total. The SMILES string of the molecule is CN[C@@H](CC(C)C)C(=O)[C](C(=O)[C@H](CC(C)CCC(O)Cc1ccccc1)NC)C(C)O. The molecule has 6 heteroatoms. The molecule has 1 rings (SSSR count). The first-order chi connectivity index (χ1) is 15.1. The Morgan fingerprint density at radius 2 is 1.38 bits per heavy atom. The van der Waals surface area contributed by atoms with Crippen molar-refractivity contribution in [1.82, 2.24) is 10.6 Å². The highest BCUT2D eigenvalue weighted by Gasteiger charge is 2.39. The summed E-state index contributed by atoms with van der Waals surface area (Å²) >= 11 is 0. The average molecular weight is 448 g/mol. The predicted octanol–water partition coefficient (Wildman–Crippen LogP) is 2.71. The second kappa shape index (κ2) is 14.5. The van der Waals surface area contributed by atoms with Crippen molar-refractivity contribution in [3.8, 4) is 0 Å². The number of aliphatic hydroxyl groups is 2. The number of hydrogen-bond acceptors (Lipinski definition) is 6. The van der Waals surface area contributed by atoms with E-state index >= 15 is 0 Å². The molecule has 181 valence electrons. The number of Topliss-reactive ketones (excluding diaryl/α,β-unsaturated/α-hetero) is 2. The third-order valence-corrected chi connectivity index (χ3v) is 5.93. The van der Waals surface area contributed by atoms with Gasteiger partial charge in [-0.25, -0.2) is 0 Å². The summed E-state index contributed by atoms with van der Waals surface area (Å²) in [6, 6.07) is 8.84. The number of ketones is 2. The molecule has 0 aliphatic carbocycles. The van der Waals surface area contributed by atoms with Gasteiger partial charge in [-0.2, -0.15) is 0 Å². The molecule has 0 bridgehead atoms. The summed E-state index contributed by atoms with van der Waals surface area (Å²) in [7, 11) is 3.40. The van der Waals surface area contributed by atoms with Gasteiger partial charge in [0.1, 0.15) is 5.92 Å². The van der Waals surface area contributed by atoms with Crippen LogP contribution in [0.25, 0.3) is 0 Å². The molecule has 1 aromatic rings. The van der Waals surface area contributed by atoms with E-state index in [1.165, 1.54) is 6.92 Å². The maximum atomic E-state index is 13.2. The third kappa shape index (κ3) is 9.49. The summed E-state index contributed by atoms with van der Waals surface area (Å²) in [4.78, 5) is 26.3. The molecule has 32 heavy (non-hydrogen) atoms. The Kier molecular flexibility index (Phi) is 12.9.